The highest BCUT2D eigenvalue weighted by Crippen LogP contribution is 2.20. The fraction of sp³-hybridized carbons (Fsp3) is 0.533. The van der Waals surface area contributed by atoms with Gasteiger partial charge in [-0.2, -0.15) is 0 Å². The summed E-state index contributed by atoms with van der Waals surface area (Å²) in [4.78, 5) is 12.0. The summed E-state index contributed by atoms with van der Waals surface area (Å²) in [6.07, 6.45) is 0. The van der Waals surface area contributed by atoms with Crippen LogP contribution in [0.1, 0.15) is 44.9 Å². The van der Waals surface area contributed by atoms with E-state index in [2.05, 4.69) is 5.32 Å². The lowest BCUT2D eigenvalue weighted by Gasteiger charge is -2.27. The van der Waals surface area contributed by atoms with Gasteiger partial charge in [0.1, 0.15) is 5.82 Å². The van der Waals surface area contributed by atoms with Crippen molar-refractivity contribution in [2.45, 2.75) is 46.7 Å². The van der Waals surface area contributed by atoms with Gasteiger partial charge in [-0.3, -0.25) is 4.79 Å². The maximum Gasteiger partial charge on any atom is 0.237 e. The second-order valence-electron chi connectivity index (χ2n) is 6.08. The number of aryl methyl sites for hydroxylation is 1. The summed E-state index contributed by atoms with van der Waals surface area (Å²) in [7, 11) is 0. The van der Waals surface area contributed by atoms with Gasteiger partial charge in [0.25, 0.3) is 0 Å². The second-order valence-corrected chi connectivity index (χ2v) is 6.08. The van der Waals surface area contributed by atoms with Gasteiger partial charge in [-0.15, -0.1) is 0 Å². The molecule has 19 heavy (non-hydrogen) atoms. The third-order valence-electron chi connectivity index (χ3n) is 3.27. The van der Waals surface area contributed by atoms with Crippen LogP contribution in [-0.4, -0.2) is 11.9 Å². The number of benzene rings is 1. The summed E-state index contributed by atoms with van der Waals surface area (Å²) in [6.45, 7) is 9.25. The molecule has 0 spiro atoms. The van der Waals surface area contributed by atoms with Crippen LogP contribution in [-0.2, 0) is 4.79 Å². The fourth-order valence-electron chi connectivity index (χ4n) is 1.66. The maximum atomic E-state index is 13.5. The van der Waals surface area contributed by atoms with Gasteiger partial charge in [0.2, 0.25) is 5.91 Å². The molecular weight excluding hydrogens is 243 g/mol. The largest absolute Gasteiger partial charge is 0.348 e. The van der Waals surface area contributed by atoms with Gasteiger partial charge in [0.05, 0.1) is 12.1 Å². The van der Waals surface area contributed by atoms with E-state index in [-0.39, 0.29) is 23.2 Å². The number of carbonyl (C=O) groups is 1. The zero-order valence-corrected chi connectivity index (χ0v) is 12.3. The lowest BCUT2D eigenvalue weighted by atomic mass is 9.86. The zero-order chi connectivity index (χ0) is 14.8. The van der Waals surface area contributed by atoms with Gasteiger partial charge in [-0.05, 0) is 36.5 Å². The highest BCUT2D eigenvalue weighted by Gasteiger charge is 2.28. The van der Waals surface area contributed by atoms with Crippen LogP contribution in [0.15, 0.2) is 18.2 Å². The van der Waals surface area contributed by atoms with Crippen LogP contribution in [0.4, 0.5) is 4.39 Å². The molecule has 4 heteroatoms. The molecule has 0 aliphatic heterocycles. The first-order chi connectivity index (χ1) is 8.62. The molecule has 0 radical (unpaired) electrons. The quantitative estimate of drug-likeness (QED) is 0.883. The fourth-order valence-corrected chi connectivity index (χ4v) is 1.66. The van der Waals surface area contributed by atoms with Crippen LogP contribution in [0.3, 0.4) is 0 Å². The Morgan fingerprint density at radius 2 is 1.95 bits per heavy atom. The van der Waals surface area contributed by atoms with E-state index in [0.29, 0.717) is 5.56 Å². The molecule has 0 aliphatic rings. The van der Waals surface area contributed by atoms with Gasteiger partial charge in [-0.1, -0.05) is 32.9 Å². The minimum atomic E-state index is -0.592. The number of hydrogen-bond donors (Lipinski definition) is 2. The van der Waals surface area contributed by atoms with E-state index < -0.39 is 6.04 Å². The molecule has 106 valence electrons. The summed E-state index contributed by atoms with van der Waals surface area (Å²) < 4.78 is 13.5. The monoisotopic (exact) mass is 266 g/mol. The highest BCUT2D eigenvalue weighted by molar-refractivity contribution is 5.82. The number of nitrogens with two attached hydrogens (primary N) is 1. The normalized spacial score (nSPS) is 14.9. The Bertz CT molecular complexity index is 466. The van der Waals surface area contributed by atoms with Crippen molar-refractivity contribution in [3.8, 4) is 0 Å². The molecule has 0 saturated heterocycles. The van der Waals surface area contributed by atoms with E-state index in [4.69, 9.17) is 5.73 Å². The Morgan fingerprint density at radius 1 is 1.37 bits per heavy atom. The number of halogens is 1. The van der Waals surface area contributed by atoms with Crippen molar-refractivity contribution in [2.75, 3.05) is 0 Å². The van der Waals surface area contributed by atoms with E-state index in [1.165, 1.54) is 6.07 Å². The summed E-state index contributed by atoms with van der Waals surface area (Å²) in [5.74, 6) is -0.486. The van der Waals surface area contributed by atoms with Crippen LogP contribution >= 0.6 is 0 Å². The van der Waals surface area contributed by atoms with E-state index in [1.807, 2.05) is 33.8 Å². The molecule has 0 bridgehead atoms. The standard InChI is InChI=1S/C15H23FN2O/c1-9-6-7-11(8-12(9)16)10(2)18-14(19)13(17)15(3,4)5/h6-8,10,13H,17H2,1-5H3,(H,18,19)/t10?,13-/m1/s1. The molecule has 1 amide bonds. The Labute approximate surface area is 114 Å². The van der Waals surface area contributed by atoms with E-state index in [1.54, 1.807) is 13.0 Å². The summed E-state index contributed by atoms with van der Waals surface area (Å²) in [5.41, 5.74) is 6.91. The smallest absolute Gasteiger partial charge is 0.237 e. The summed E-state index contributed by atoms with van der Waals surface area (Å²) >= 11 is 0. The molecule has 0 saturated carbocycles. The number of hydrogen-bond acceptors (Lipinski definition) is 2. The summed E-state index contributed by atoms with van der Waals surface area (Å²) in [5, 5.41) is 2.82. The first kappa shape index (κ1) is 15.6. The Morgan fingerprint density at radius 3 is 2.42 bits per heavy atom. The SMILES string of the molecule is Cc1ccc(C(C)NC(=O)[C@@H](N)C(C)(C)C)cc1F. The molecular formula is C15H23FN2O. The minimum absolute atomic E-state index is 0.221. The van der Waals surface area contributed by atoms with Crippen LogP contribution < -0.4 is 11.1 Å². The molecule has 0 heterocycles. The van der Waals surface area contributed by atoms with Crippen molar-refractivity contribution in [3.63, 3.8) is 0 Å². The Kier molecular flexibility index (Phi) is 4.69. The number of carbonyl (C=O) groups excluding carboxylic acids is 1. The molecule has 0 aromatic heterocycles. The lowest BCUT2D eigenvalue weighted by molar-refractivity contribution is -0.125. The Balaban J connectivity index is 2.77. The van der Waals surface area contributed by atoms with Crippen LogP contribution in [0.5, 0.6) is 0 Å². The van der Waals surface area contributed by atoms with Crippen molar-refractivity contribution in [1.29, 1.82) is 0 Å². The van der Waals surface area contributed by atoms with Crippen LogP contribution in [0.2, 0.25) is 0 Å². The average molecular weight is 266 g/mol. The molecule has 1 aromatic carbocycles. The maximum absolute atomic E-state index is 13.5. The zero-order valence-electron chi connectivity index (χ0n) is 12.3. The molecule has 3 N–H and O–H groups in total. The number of rotatable bonds is 3. The molecule has 1 rings (SSSR count). The van der Waals surface area contributed by atoms with Crippen molar-refractivity contribution in [3.05, 3.63) is 35.1 Å². The van der Waals surface area contributed by atoms with E-state index >= 15 is 0 Å². The van der Waals surface area contributed by atoms with E-state index in [0.717, 1.165) is 5.56 Å². The topological polar surface area (TPSA) is 55.1 Å². The van der Waals surface area contributed by atoms with Crippen molar-refractivity contribution >= 4 is 5.91 Å². The van der Waals surface area contributed by atoms with Gasteiger partial charge >= 0.3 is 0 Å². The molecule has 0 aliphatic carbocycles. The summed E-state index contributed by atoms with van der Waals surface area (Å²) in [6, 6.07) is 4.10. The van der Waals surface area contributed by atoms with Gasteiger partial charge in [-0.25, -0.2) is 4.39 Å². The highest BCUT2D eigenvalue weighted by atomic mass is 19.1. The van der Waals surface area contributed by atoms with Crippen LogP contribution in [0.25, 0.3) is 0 Å². The predicted molar refractivity (Wildman–Crippen MR) is 75.1 cm³/mol. The molecule has 1 aromatic rings. The first-order valence-corrected chi connectivity index (χ1v) is 6.45. The van der Waals surface area contributed by atoms with Crippen LogP contribution in [0, 0.1) is 18.2 Å². The molecule has 1 unspecified atom stereocenters. The average Bonchev–Trinajstić information content (AvgIpc) is 2.30. The molecule has 0 fully saturated rings. The second kappa shape index (κ2) is 5.70. The molecule has 2 atom stereocenters. The third kappa shape index (κ3) is 4.03. The number of amides is 1. The Hall–Kier alpha value is -1.42. The molecule has 3 nitrogen and oxygen atoms in total. The van der Waals surface area contributed by atoms with Crippen molar-refractivity contribution in [2.24, 2.45) is 11.1 Å². The van der Waals surface area contributed by atoms with Crippen molar-refractivity contribution in [1.82, 2.24) is 5.32 Å². The van der Waals surface area contributed by atoms with Gasteiger partial charge in [0.15, 0.2) is 0 Å². The predicted octanol–water partition coefficient (Wildman–Crippen LogP) is 2.68. The van der Waals surface area contributed by atoms with Gasteiger partial charge in [0, 0.05) is 0 Å². The third-order valence-corrected chi connectivity index (χ3v) is 3.27. The first-order valence-electron chi connectivity index (χ1n) is 6.45. The van der Waals surface area contributed by atoms with Crippen molar-refractivity contribution < 1.29 is 9.18 Å². The lowest BCUT2D eigenvalue weighted by Crippen LogP contribution is -2.49. The minimum Gasteiger partial charge on any atom is -0.348 e. The van der Waals surface area contributed by atoms with Gasteiger partial charge < -0.3 is 11.1 Å². The number of nitrogens with one attached hydrogen (secondary N) is 1. The van der Waals surface area contributed by atoms with E-state index in [9.17, 15) is 9.18 Å².